The molecule has 4 rings (SSSR count). The van der Waals surface area contributed by atoms with Crippen molar-refractivity contribution in [3.05, 3.63) is 70.1 Å². The van der Waals surface area contributed by atoms with Gasteiger partial charge in [-0.3, -0.25) is 9.59 Å². The summed E-state index contributed by atoms with van der Waals surface area (Å²) in [4.78, 5) is 39.0. The first-order valence-electron chi connectivity index (χ1n) is 12.9. The van der Waals surface area contributed by atoms with Crippen molar-refractivity contribution in [1.29, 1.82) is 0 Å². The Morgan fingerprint density at radius 2 is 1.97 bits per heavy atom. The summed E-state index contributed by atoms with van der Waals surface area (Å²) in [6.45, 7) is 6.56. The van der Waals surface area contributed by atoms with Crippen molar-refractivity contribution in [2.75, 3.05) is 44.2 Å². The average Bonchev–Trinajstić information content (AvgIpc) is 2.95. The second-order valence-corrected chi connectivity index (χ2v) is 9.90. The molecule has 0 bridgehead atoms. The number of carbonyl (C=O) groups is 2. The van der Waals surface area contributed by atoms with Crippen molar-refractivity contribution in [3.63, 3.8) is 0 Å². The second kappa shape index (κ2) is 13.1. The number of nitrogens with one attached hydrogen (secondary N) is 1. The third-order valence-electron chi connectivity index (χ3n) is 6.60. The predicted octanol–water partition coefficient (Wildman–Crippen LogP) is 4.28. The van der Waals surface area contributed by atoms with Crippen LogP contribution in [0.15, 0.2) is 48.8 Å². The Bertz CT molecular complexity index is 1340. The van der Waals surface area contributed by atoms with Gasteiger partial charge in [-0.15, -0.1) is 0 Å². The van der Waals surface area contributed by atoms with Crippen molar-refractivity contribution in [2.24, 2.45) is 5.73 Å². The van der Waals surface area contributed by atoms with E-state index >= 15 is 0 Å². The van der Waals surface area contributed by atoms with Crippen molar-refractivity contribution in [3.8, 4) is 17.0 Å². The summed E-state index contributed by atoms with van der Waals surface area (Å²) in [5.74, 6) is 0.0461. The molecule has 1 aliphatic heterocycles. The Labute approximate surface area is 238 Å². The average molecular weight is 572 g/mol. The predicted molar refractivity (Wildman–Crippen MR) is 154 cm³/mol. The number of pyridine rings is 2. The van der Waals surface area contributed by atoms with E-state index in [4.69, 9.17) is 33.7 Å². The summed E-state index contributed by atoms with van der Waals surface area (Å²) >= 11 is 12.2. The molecule has 1 atom stereocenters. The number of ether oxygens (including phenoxy) is 1. The quantitative estimate of drug-likeness (QED) is 0.394. The zero-order chi connectivity index (χ0) is 27.9. The molecular formula is C28H32Cl2N6O3. The number of halogens is 2. The Hall–Kier alpha value is -3.40. The van der Waals surface area contributed by atoms with Crippen molar-refractivity contribution < 1.29 is 14.3 Å². The largest absolute Gasteiger partial charge is 0.478 e. The van der Waals surface area contributed by atoms with Crippen LogP contribution in [0.2, 0.25) is 10.0 Å². The fourth-order valence-corrected chi connectivity index (χ4v) is 5.17. The normalized spacial score (nSPS) is 15.3. The number of rotatable bonds is 9. The minimum absolute atomic E-state index is 0.0296. The van der Waals surface area contributed by atoms with Crippen molar-refractivity contribution in [2.45, 2.75) is 26.3 Å². The Morgan fingerprint density at radius 1 is 1.15 bits per heavy atom. The van der Waals surface area contributed by atoms with E-state index in [0.29, 0.717) is 55.8 Å². The molecule has 0 radical (unpaired) electrons. The van der Waals surface area contributed by atoms with E-state index in [2.05, 4.69) is 27.1 Å². The third kappa shape index (κ3) is 6.43. The highest BCUT2D eigenvalue weighted by atomic mass is 35.5. The molecule has 3 N–H and O–H groups in total. The number of piperazine rings is 1. The van der Waals surface area contributed by atoms with Gasteiger partial charge in [0, 0.05) is 62.4 Å². The monoisotopic (exact) mass is 570 g/mol. The fraction of sp³-hybridized carbons (Fsp3) is 0.357. The van der Waals surface area contributed by atoms with Gasteiger partial charge in [0.05, 0.1) is 22.2 Å². The highest BCUT2D eigenvalue weighted by molar-refractivity contribution is 6.36. The Balaban J connectivity index is 1.66. The molecule has 1 fully saturated rings. The van der Waals surface area contributed by atoms with E-state index in [1.54, 1.807) is 11.1 Å². The molecular weight excluding hydrogens is 539 g/mol. The minimum atomic E-state index is -0.244. The van der Waals surface area contributed by atoms with Gasteiger partial charge >= 0.3 is 0 Å². The van der Waals surface area contributed by atoms with Gasteiger partial charge in [0.1, 0.15) is 5.69 Å². The molecule has 0 aliphatic carbocycles. The van der Waals surface area contributed by atoms with Crippen LogP contribution in [0.1, 0.15) is 41.1 Å². The van der Waals surface area contributed by atoms with Gasteiger partial charge in [0.15, 0.2) is 0 Å². The van der Waals surface area contributed by atoms with Crippen LogP contribution in [0.3, 0.4) is 0 Å². The molecule has 11 heteroatoms. The molecule has 1 saturated heterocycles. The summed E-state index contributed by atoms with van der Waals surface area (Å²) in [6.07, 6.45) is 3.85. The number of anilines is 1. The number of carbonyl (C=O) groups excluding carboxylic acids is 2. The van der Waals surface area contributed by atoms with Crippen LogP contribution in [-0.4, -0.2) is 72.1 Å². The maximum Gasteiger partial charge on any atom is 0.274 e. The standard InChI is InChI=1S/C28H32Cl2N6O3/c1-3-20-17-35(28(38)25-23(30)15-19(29)16-34-25)12-13-36(20)24-8-7-18(14-22(24)26(37)32-11-9-31)21-6-5-10-33-27(21)39-4-2/h5-8,10,14-16,20H,3-4,9,11-13,17,31H2,1-2H3,(H,32,37)/t20-/m1/s1. The molecule has 9 nitrogen and oxygen atoms in total. The summed E-state index contributed by atoms with van der Waals surface area (Å²) in [5, 5.41) is 3.50. The van der Waals surface area contributed by atoms with Gasteiger partial charge < -0.3 is 25.6 Å². The zero-order valence-electron chi connectivity index (χ0n) is 22.0. The summed E-state index contributed by atoms with van der Waals surface area (Å²) < 4.78 is 5.73. The first kappa shape index (κ1) is 28.6. The van der Waals surface area contributed by atoms with E-state index < -0.39 is 0 Å². The topological polar surface area (TPSA) is 114 Å². The van der Waals surface area contributed by atoms with Crippen LogP contribution >= 0.6 is 23.2 Å². The highest BCUT2D eigenvalue weighted by Gasteiger charge is 2.32. The van der Waals surface area contributed by atoms with E-state index in [1.807, 2.05) is 37.3 Å². The number of nitrogens with two attached hydrogens (primary N) is 1. The summed E-state index contributed by atoms with van der Waals surface area (Å²) in [7, 11) is 0. The maximum atomic E-state index is 13.3. The fourth-order valence-electron chi connectivity index (χ4n) is 4.71. The summed E-state index contributed by atoms with van der Waals surface area (Å²) in [6, 6.07) is 11.0. The molecule has 0 spiro atoms. The second-order valence-electron chi connectivity index (χ2n) is 9.06. The van der Waals surface area contributed by atoms with Gasteiger partial charge in [0.25, 0.3) is 11.8 Å². The Kier molecular flexibility index (Phi) is 9.61. The molecule has 0 saturated carbocycles. The molecule has 1 aliphatic rings. The van der Waals surface area contributed by atoms with E-state index in [-0.39, 0.29) is 28.6 Å². The van der Waals surface area contributed by atoms with E-state index in [0.717, 1.165) is 23.2 Å². The van der Waals surface area contributed by atoms with Crippen LogP contribution in [0.25, 0.3) is 11.1 Å². The zero-order valence-corrected chi connectivity index (χ0v) is 23.5. The molecule has 0 unspecified atom stereocenters. The van der Waals surface area contributed by atoms with Crippen LogP contribution in [0.4, 0.5) is 5.69 Å². The molecule has 1 aromatic carbocycles. The van der Waals surface area contributed by atoms with Crippen LogP contribution in [-0.2, 0) is 0 Å². The molecule has 2 aromatic heterocycles. The van der Waals surface area contributed by atoms with Gasteiger partial charge in [-0.05, 0) is 49.2 Å². The maximum absolute atomic E-state index is 13.3. The van der Waals surface area contributed by atoms with Crippen LogP contribution < -0.4 is 20.7 Å². The SMILES string of the molecule is CCOc1ncccc1-c1ccc(N2CCN(C(=O)c3ncc(Cl)cc3Cl)C[C@H]2CC)c(C(=O)NCCN)c1. The first-order valence-corrected chi connectivity index (χ1v) is 13.7. The van der Waals surface area contributed by atoms with Crippen molar-refractivity contribution >= 4 is 40.7 Å². The van der Waals surface area contributed by atoms with Crippen LogP contribution in [0.5, 0.6) is 5.88 Å². The molecule has 39 heavy (non-hydrogen) atoms. The molecule has 206 valence electrons. The lowest BCUT2D eigenvalue weighted by atomic mass is 9.99. The lowest BCUT2D eigenvalue weighted by Gasteiger charge is -2.43. The number of aromatic nitrogens is 2. The first-order chi connectivity index (χ1) is 18.9. The third-order valence-corrected chi connectivity index (χ3v) is 7.09. The number of hydrogen-bond acceptors (Lipinski definition) is 7. The highest BCUT2D eigenvalue weighted by Crippen LogP contribution is 2.34. The lowest BCUT2D eigenvalue weighted by Crippen LogP contribution is -2.55. The van der Waals surface area contributed by atoms with E-state index in [9.17, 15) is 9.59 Å². The Morgan fingerprint density at radius 3 is 2.69 bits per heavy atom. The van der Waals surface area contributed by atoms with Gasteiger partial charge in [-0.1, -0.05) is 36.2 Å². The number of benzene rings is 1. The molecule has 2 amide bonds. The lowest BCUT2D eigenvalue weighted by molar-refractivity contribution is 0.0714. The minimum Gasteiger partial charge on any atom is -0.478 e. The number of amides is 2. The van der Waals surface area contributed by atoms with Gasteiger partial charge in [-0.25, -0.2) is 9.97 Å². The number of hydrogen-bond donors (Lipinski definition) is 2. The van der Waals surface area contributed by atoms with Crippen molar-refractivity contribution in [1.82, 2.24) is 20.2 Å². The van der Waals surface area contributed by atoms with E-state index in [1.165, 1.54) is 12.3 Å². The number of nitrogens with zero attached hydrogens (tertiary/aromatic N) is 4. The van der Waals surface area contributed by atoms with Gasteiger partial charge in [-0.2, -0.15) is 0 Å². The molecule has 3 aromatic rings. The smallest absolute Gasteiger partial charge is 0.274 e. The van der Waals surface area contributed by atoms with Crippen LogP contribution in [0, 0.1) is 0 Å². The molecule has 3 heterocycles. The summed E-state index contributed by atoms with van der Waals surface area (Å²) in [5.41, 5.74) is 8.76. The van der Waals surface area contributed by atoms with Gasteiger partial charge in [0.2, 0.25) is 5.88 Å².